The molecule has 1 amide bonds. The number of fused-ring (bicyclic) bond motifs is 1. The Morgan fingerprint density at radius 2 is 1.88 bits per heavy atom. The van der Waals surface area contributed by atoms with Crippen LogP contribution in [0.15, 0.2) is 18.2 Å². The van der Waals surface area contributed by atoms with Crippen LogP contribution in [0, 0.1) is 5.41 Å². The zero-order valence-electron chi connectivity index (χ0n) is 11.0. The number of benzene rings is 1. The van der Waals surface area contributed by atoms with Crippen molar-refractivity contribution in [2.45, 2.75) is 33.9 Å². The summed E-state index contributed by atoms with van der Waals surface area (Å²) in [5, 5.41) is 2.97. The first kappa shape index (κ1) is 12.1. The Morgan fingerprint density at radius 3 is 2.53 bits per heavy atom. The van der Waals surface area contributed by atoms with Gasteiger partial charge in [-0.3, -0.25) is 9.69 Å². The predicted molar refractivity (Wildman–Crippen MR) is 69.7 cm³/mol. The number of amides is 1. The molecule has 0 fully saturated rings. The minimum atomic E-state index is -0.351. The van der Waals surface area contributed by atoms with Crippen LogP contribution in [0.4, 0.5) is 5.69 Å². The van der Waals surface area contributed by atoms with Crippen LogP contribution in [0.2, 0.25) is 0 Å². The number of carbonyl (C=O) groups excluding carboxylic acids is 1. The molecule has 0 radical (unpaired) electrons. The minimum Gasteiger partial charge on any atom is -0.326 e. The quantitative estimate of drug-likeness (QED) is 0.807. The van der Waals surface area contributed by atoms with E-state index in [1.165, 1.54) is 11.1 Å². The van der Waals surface area contributed by atoms with Crippen LogP contribution in [0.3, 0.4) is 0 Å². The van der Waals surface area contributed by atoms with Crippen LogP contribution in [0.25, 0.3) is 0 Å². The zero-order valence-corrected chi connectivity index (χ0v) is 11.0. The van der Waals surface area contributed by atoms with Crippen molar-refractivity contribution >= 4 is 11.6 Å². The molecule has 0 atom stereocenters. The fourth-order valence-corrected chi connectivity index (χ4v) is 1.96. The lowest BCUT2D eigenvalue weighted by Crippen LogP contribution is -2.27. The van der Waals surface area contributed by atoms with Crippen molar-refractivity contribution in [3.05, 3.63) is 29.3 Å². The van der Waals surface area contributed by atoms with Gasteiger partial charge in [-0.2, -0.15) is 0 Å². The lowest BCUT2D eigenvalue weighted by Gasteiger charge is -2.18. The molecule has 2 rings (SSSR count). The summed E-state index contributed by atoms with van der Waals surface area (Å²) in [4.78, 5) is 14.1. The number of carbonyl (C=O) groups is 1. The van der Waals surface area contributed by atoms with Crippen molar-refractivity contribution in [2.24, 2.45) is 5.41 Å². The van der Waals surface area contributed by atoms with Crippen LogP contribution in [-0.4, -0.2) is 17.9 Å². The Hall–Kier alpha value is -1.35. The van der Waals surface area contributed by atoms with Gasteiger partial charge >= 0.3 is 0 Å². The van der Waals surface area contributed by atoms with E-state index in [4.69, 9.17) is 0 Å². The van der Waals surface area contributed by atoms with Gasteiger partial charge in [0.2, 0.25) is 5.91 Å². The van der Waals surface area contributed by atoms with Gasteiger partial charge < -0.3 is 5.32 Å². The predicted octanol–water partition coefficient (Wildman–Crippen LogP) is 2.62. The highest BCUT2D eigenvalue weighted by molar-refractivity contribution is 5.94. The summed E-state index contributed by atoms with van der Waals surface area (Å²) in [6.07, 6.45) is 0. The first-order valence-corrected chi connectivity index (χ1v) is 5.98. The third-order valence-corrected chi connectivity index (χ3v) is 3.03. The van der Waals surface area contributed by atoms with Gasteiger partial charge in [-0.05, 0) is 30.3 Å². The second-order valence-electron chi connectivity index (χ2n) is 5.86. The molecular formula is C14H20N2O. The normalized spacial score (nSPS) is 15.8. The first-order chi connectivity index (χ1) is 7.86. The maximum Gasteiger partial charge on any atom is 0.229 e. The number of nitrogens with one attached hydrogen (secondary N) is 1. The molecule has 3 nitrogen and oxygen atoms in total. The van der Waals surface area contributed by atoms with E-state index < -0.39 is 0 Å². The molecule has 1 aromatic carbocycles. The third kappa shape index (κ3) is 2.67. The molecule has 1 aromatic rings. The summed E-state index contributed by atoms with van der Waals surface area (Å²) in [6, 6.07) is 6.18. The number of nitrogens with zero attached hydrogens (tertiary/aromatic N) is 1. The van der Waals surface area contributed by atoms with Gasteiger partial charge in [0.15, 0.2) is 0 Å². The number of hydrogen-bond acceptors (Lipinski definition) is 2. The van der Waals surface area contributed by atoms with Gasteiger partial charge in [-0.15, -0.1) is 0 Å². The smallest absolute Gasteiger partial charge is 0.229 e. The molecule has 92 valence electrons. The van der Waals surface area contributed by atoms with Crippen molar-refractivity contribution in [3.8, 4) is 0 Å². The molecule has 0 bridgehead atoms. The van der Waals surface area contributed by atoms with Crippen LogP contribution in [-0.2, 0) is 17.9 Å². The van der Waals surface area contributed by atoms with E-state index in [0.717, 1.165) is 18.8 Å². The molecule has 1 aliphatic heterocycles. The lowest BCUT2D eigenvalue weighted by molar-refractivity contribution is -0.123. The van der Waals surface area contributed by atoms with Gasteiger partial charge in [0, 0.05) is 24.2 Å². The molecule has 3 heteroatoms. The number of hydrogen-bond donors (Lipinski definition) is 1. The molecule has 1 heterocycles. The standard InChI is InChI=1S/C14H20N2O/c1-14(2,3)13(17)15-12-6-5-10-8-16(4)9-11(10)7-12/h5-7H,8-9H2,1-4H3,(H,15,17). The summed E-state index contributed by atoms with van der Waals surface area (Å²) in [5.74, 6) is 0.0591. The molecule has 1 aliphatic rings. The van der Waals surface area contributed by atoms with E-state index in [2.05, 4.69) is 29.4 Å². The molecule has 0 aromatic heterocycles. The molecule has 1 N–H and O–H groups in total. The average molecular weight is 232 g/mol. The Balaban J connectivity index is 2.15. The van der Waals surface area contributed by atoms with Crippen molar-refractivity contribution in [3.63, 3.8) is 0 Å². The van der Waals surface area contributed by atoms with Crippen molar-refractivity contribution in [1.29, 1.82) is 0 Å². The zero-order chi connectivity index (χ0) is 12.6. The molecule has 0 saturated heterocycles. The highest BCUT2D eigenvalue weighted by Crippen LogP contribution is 2.25. The molecule has 0 aliphatic carbocycles. The highest BCUT2D eigenvalue weighted by Gasteiger charge is 2.22. The Labute approximate surface area is 103 Å². The maximum atomic E-state index is 11.9. The fourth-order valence-electron chi connectivity index (χ4n) is 1.96. The second kappa shape index (κ2) is 4.15. The Bertz CT molecular complexity index is 446. The highest BCUT2D eigenvalue weighted by atomic mass is 16.2. The largest absolute Gasteiger partial charge is 0.326 e. The Morgan fingerprint density at radius 1 is 1.24 bits per heavy atom. The van der Waals surface area contributed by atoms with E-state index >= 15 is 0 Å². The van der Waals surface area contributed by atoms with Gasteiger partial charge in [0.05, 0.1) is 0 Å². The van der Waals surface area contributed by atoms with Crippen LogP contribution < -0.4 is 5.32 Å². The van der Waals surface area contributed by atoms with E-state index in [1.54, 1.807) is 0 Å². The van der Waals surface area contributed by atoms with Crippen molar-refractivity contribution < 1.29 is 4.79 Å². The molecule has 0 unspecified atom stereocenters. The summed E-state index contributed by atoms with van der Waals surface area (Å²) in [5.41, 5.74) is 3.23. The summed E-state index contributed by atoms with van der Waals surface area (Å²) < 4.78 is 0. The maximum absolute atomic E-state index is 11.9. The van der Waals surface area contributed by atoms with E-state index in [-0.39, 0.29) is 11.3 Å². The third-order valence-electron chi connectivity index (χ3n) is 3.03. The average Bonchev–Trinajstić information content (AvgIpc) is 2.55. The van der Waals surface area contributed by atoms with Gasteiger partial charge in [-0.25, -0.2) is 0 Å². The molecule has 0 spiro atoms. The SMILES string of the molecule is CN1Cc2ccc(NC(=O)C(C)(C)C)cc2C1. The molecular weight excluding hydrogens is 212 g/mol. The van der Waals surface area contributed by atoms with Gasteiger partial charge in [0.25, 0.3) is 0 Å². The van der Waals surface area contributed by atoms with Crippen LogP contribution >= 0.6 is 0 Å². The topological polar surface area (TPSA) is 32.3 Å². The summed E-state index contributed by atoms with van der Waals surface area (Å²) >= 11 is 0. The van der Waals surface area contributed by atoms with Gasteiger partial charge in [0.1, 0.15) is 0 Å². The monoisotopic (exact) mass is 232 g/mol. The lowest BCUT2D eigenvalue weighted by atomic mass is 9.95. The van der Waals surface area contributed by atoms with Crippen molar-refractivity contribution in [1.82, 2.24) is 4.90 Å². The number of rotatable bonds is 1. The molecule has 0 saturated carbocycles. The summed E-state index contributed by atoms with van der Waals surface area (Å²) in [7, 11) is 2.10. The Kier molecular flexibility index (Phi) is 2.96. The number of anilines is 1. The minimum absolute atomic E-state index is 0.0591. The fraction of sp³-hybridized carbons (Fsp3) is 0.500. The molecule has 17 heavy (non-hydrogen) atoms. The van der Waals surface area contributed by atoms with E-state index in [0.29, 0.717) is 0 Å². The van der Waals surface area contributed by atoms with Crippen LogP contribution in [0.1, 0.15) is 31.9 Å². The van der Waals surface area contributed by atoms with Crippen molar-refractivity contribution in [2.75, 3.05) is 12.4 Å². The van der Waals surface area contributed by atoms with Crippen LogP contribution in [0.5, 0.6) is 0 Å². The second-order valence-corrected chi connectivity index (χ2v) is 5.86. The first-order valence-electron chi connectivity index (χ1n) is 5.98. The summed E-state index contributed by atoms with van der Waals surface area (Å²) in [6.45, 7) is 7.73. The van der Waals surface area contributed by atoms with E-state index in [1.807, 2.05) is 26.8 Å². The van der Waals surface area contributed by atoms with Gasteiger partial charge in [-0.1, -0.05) is 26.8 Å². The van der Waals surface area contributed by atoms with E-state index in [9.17, 15) is 4.79 Å².